The van der Waals surface area contributed by atoms with Gasteiger partial charge in [0, 0.05) is 0 Å². The minimum Gasteiger partial charge on any atom is -0.481 e. The number of hydrogen-bond donors (Lipinski definition) is 1. The number of hydrogen-bond acceptors (Lipinski definition) is 3. The second-order valence-corrected chi connectivity index (χ2v) is 4.41. The van der Waals surface area contributed by atoms with Crippen LogP contribution in [-0.2, 0) is 11.2 Å². The van der Waals surface area contributed by atoms with Crippen molar-refractivity contribution in [3.05, 3.63) is 40.2 Å². The van der Waals surface area contributed by atoms with Crippen molar-refractivity contribution >= 4 is 17.6 Å². The lowest BCUT2D eigenvalue weighted by Gasteiger charge is -2.11. The highest BCUT2D eigenvalue weighted by Gasteiger charge is 2.17. The zero-order valence-corrected chi connectivity index (χ0v) is 10.8. The minimum atomic E-state index is -0.966. The SMILES string of the molecule is Cc1cccc(C)c1-n1nnc(Cl)c1CC(=O)O. The monoisotopic (exact) mass is 265 g/mol. The number of benzene rings is 1. The third-order valence-electron chi connectivity index (χ3n) is 2.69. The van der Waals surface area contributed by atoms with Crippen LogP contribution in [0.3, 0.4) is 0 Å². The fraction of sp³-hybridized carbons (Fsp3) is 0.250. The zero-order chi connectivity index (χ0) is 13.3. The van der Waals surface area contributed by atoms with Crippen molar-refractivity contribution in [2.75, 3.05) is 0 Å². The van der Waals surface area contributed by atoms with E-state index in [1.54, 1.807) is 0 Å². The third-order valence-corrected chi connectivity index (χ3v) is 2.98. The van der Waals surface area contributed by atoms with E-state index in [1.807, 2.05) is 32.0 Å². The van der Waals surface area contributed by atoms with Crippen LogP contribution in [0.1, 0.15) is 16.8 Å². The van der Waals surface area contributed by atoms with E-state index < -0.39 is 5.97 Å². The zero-order valence-electron chi connectivity index (χ0n) is 10.0. The lowest BCUT2D eigenvalue weighted by molar-refractivity contribution is -0.136. The predicted octanol–water partition coefficient (Wildman–Crippen LogP) is 2.16. The Balaban J connectivity index is 2.61. The summed E-state index contributed by atoms with van der Waals surface area (Å²) in [5, 5.41) is 16.7. The topological polar surface area (TPSA) is 68.0 Å². The Morgan fingerprint density at radius 1 is 1.39 bits per heavy atom. The number of rotatable bonds is 3. The van der Waals surface area contributed by atoms with E-state index in [2.05, 4.69) is 10.3 Å². The second kappa shape index (κ2) is 4.78. The highest BCUT2D eigenvalue weighted by molar-refractivity contribution is 6.30. The molecule has 1 aromatic heterocycles. The molecule has 0 aliphatic heterocycles. The fourth-order valence-corrected chi connectivity index (χ4v) is 2.07. The number of para-hydroxylation sites is 1. The first kappa shape index (κ1) is 12.6. The molecule has 18 heavy (non-hydrogen) atoms. The normalized spacial score (nSPS) is 10.6. The lowest BCUT2D eigenvalue weighted by atomic mass is 10.1. The van der Waals surface area contributed by atoms with Crippen molar-refractivity contribution < 1.29 is 9.90 Å². The summed E-state index contributed by atoms with van der Waals surface area (Å²) in [7, 11) is 0. The maximum Gasteiger partial charge on any atom is 0.309 e. The average Bonchev–Trinajstić information content (AvgIpc) is 2.61. The van der Waals surface area contributed by atoms with Crippen LogP contribution in [0.15, 0.2) is 18.2 Å². The van der Waals surface area contributed by atoms with Crippen molar-refractivity contribution in [1.29, 1.82) is 0 Å². The minimum absolute atomic E-state index is 0.125. The summed E-state index contributed by atoms with van der Waals surface area (Å²) in [4.78, 5) is 10.8. The molecule has 0 saturated carbocycles. The van der Waals surface area contributed by atoms with Gasteiger partial charge in [-0.2, -0.15) is 0 Å². The molecule has 1 N–H and O–H groups in total. The van der Waals surface area contributed by atoms with E-state index in [0.29, 0.717) is 5.69 Å². The van der Waals surface area contributed by atoms with Gasteiger partial charge >= 0.3 is 5.97 Å². The summed E-state index contributed by atoms with van der Waals surface area (Å²) in [6, 6.07) is 5.80. The first-order chi connectivity index (χ1) is 8.50. The molecule has 5 nitrogen and oxygen atoms in total. The van der Waals surface area contributed by atoms with Crippen LogP contribution < -0.4 is 0 Å². The van der Waals surface area contributed by atoms with Crippen LogP contribution >= 0.6 is 11.6 Å². The molecule has 0 unspecified atom stereocenters. The van der Waals surface area contributed by atoms with Crippen LogP contribution in [0.5, 0.6) is 0 Å². The number of halogens is 1. The number of aromatic nitrogens is 3. The van der Waals surface area contributed by atoms with Gasteiger partial charge in [0.25, 0.3) is 0 Å². The van der Waals surface area contributed by atoms with Gasteiger partial charge in [-0.3, -0.25) is 4.79 Å². The first-order valence-electron chi connectivity index (χ1n) is 5.39. The Labute approximate surface area is 109 Å². The van der Waals surface area contributed by atoms with E-state index in [1.165, 1.54) is 4.68 Å². The number of carbonyl (C=O) groups is 1. The number of nitrogens with zero attached hydrogens (tertiary/aromatic N) is 3. The Kier molecular flexibility index (Phi) is 3.34. The van der Waals surface area contributed by atoms with Crippen molar-refractivity contribution in [2.24, 2.45) is 0 Å². The fourth-order valence-electron chi connectivity index (χ4n) is 1.89. The van der Waals surface area contributed by atoms with Crippen molar-refractivity contribution in [2.45, 2.75) is 20.3 Å². The summed E-state index contributed by atoms with van der Waals surface area (Å²) in [5.41, 5.74) is 3.20. The lowest BCUT2D eigenvalue weighted by Crippen LogP contribution is -2.10. The van der Waals surface area contributed by atoms with Gasteiger partial charge < -0.3 is 5.11 Å². The van der Waals surface area contributed by atoms with E-state index >= 15 is 0 Å². The van der Waals surface area contributed by atoms with Gasteiger partial charge in [-0.15, -0.1) is 5.10 Å². The largest absolute Gasteiger partial charge is 0.481 e. The Morgan fingerprint density at radius 2 is 2.00 bits per heavy atom. The van der Waals surface area contributed by atoms with Gasteiger partial charge in [-0.25, -0.2) is 4.68 Å². The van der Waals surface area contributed by atoms with Gasteiger partial charge in [-0.1, -0.05) is 35.0 Å². The molecule has 1 heterocycles. The molecule has 0 spiro atoms. The molecule has 2 aromatic rings. The summed E-state index contributed by atoms with van der Waals surface area (Å²) < 4.78 is 1.50. The summed E-state index contributed by atoms with van der Waals surface area (Å²) >= 11 is 5.89. The number of aryl methyl sites for hydroxylation is 2. The maximum atomic E-state index is 10.8. The predicted molar refractivity (Wildman–Crippen MR) is 67.2 cm³/mol. The van der Waals surface area contributed by atoms with Gasteiger partial charge in [0.05, 0.1) is 17.8 Å². The molecule has 0 amide bonds. The average molecular weight is 266 g/mol. The van der Waals surface area contributed by atoms with Crippen LogP contribution in [0.2, 0.25) is 5.15 Å². The maximum absolute atomic E-state index is 10.8. The van der Waals surface area contributed by atoms with Gasteiger partial charge in [-0.05, 0) is 25.0 Å². The van der Waals surface area contributed by atoms with Gasteiger partial charge in [0.2, 0.25) is 0 Å². The summed E-state index contributed by atoms with van der Waals surface area (Å²) in [5.74, 6) is -0.966. The van der Waals surface area contributed by atoms with Crippen LogP contribution in [0, 0.1) is 13.8 Å². The highest BCUT2D eigenvalue weighted by atomic mass is 35.5. The number of aliphatic carboxylic acids is 1. The molecule has 0 fully saturated rings. The molecule has 0 aliphatic carbocycles. The van der Waals surface area contributed by atoms with Crippen LogP contribution in [0.25, 0.3) is 5.69 Å². The van der Waals surface area contributed by atoms with E-state index in [0.717, 1.165) is 16.8 Å². The molecule has 0 aliphatic rings. The van der Waals surface area contributed by atoms with E-state index in [9.17, 15) is 4.79 Å². The molecule has 6 heteroatoms. The highest BCUT2D eigenvalue weighted by Crippen LogP contribution is 2.23. The molecule has 2 rings (SSSR count). The molecular weight excluding hydrogens is 254 g/mol. The Hall–Kier alpha value is -1.88. The van der Waals surface area contributed by atoms with Crippen LogP contribution in [0.4, 0.5) is 0 Å². The van der Waals surface area contributed by atoms with Crippen molar-refractivity contribution in [3.63, 3.8) is 0 Å². The molecular formula is C12H12ClN3O2. The Morgan fingerprint density at radius 3 is 2.56 bits per heavy atom. The molecule has 0 atom stereocenters. The number of carboxylic acid groups (broad SMARTS) is 1. The van der Waals surface area contributed by atoms with Crippen molar-refractivity contribution in [1.82, 2.24) is 15.0 Å². The van der Waals surface area contributed by atoms with Crippen LogP contribution in [-0.4, -0.2) is 26.1 Å². The van der Waals surface area contributed by atoms with Gasteiger partial charge in [0.15, 0.2) is 5.15 Å². The molecule has 0 radical (unpaired) electrons. The second-order valence-electron chi connectivity index (χ2n) is 4.05. The molecule has 0 saturated heterocycles. The smallest absolute Gasteiger partial charge is 0.309 e. The molecule has 0 bridgehead atoms. The van der Waals surface area contributed by atoms with E-state index in [-0.39, 0.29) is 11.6 Å². The molecule has 94 valence electrons. The quantitative estimate of drug-likeness (QED) is 0.923. The molecule has 1 aromatic carbocycles. The summed E-state index contributed by atoms with van der Waals surface area (Å²) in [6.07, 6.45) is -0.209. The van der Waals surface area contributed by atoms with Gasteiger partial charge in [0.1, 0.15) is 0 Å². The first-order valence-corrected chi connectivity index (χ1v) is 5.77. The third kappa shape index (κ3) is 2.22. The standard InChI is InChI=1S/C12H12ClN3O2/c1-7-4-3-5-8(2)11(7)16-9(6-10(17)18)12(13)14-15-16/h3-5H,6H2,1-2H3,(H,17,18). The number of carboxylic acids is 1. The van der Waals surface area contributed by atoms with E-state index in [4.69, 9.17) is 16.7 Å². The Bertz CT molecular complexity index is 587. The van der Waals surface area contributed by atoms with Crippen molar-refractivity contribution in [3.8, 4) is 5.69 Å². The summed E-state index contributed by atoms with van der Waals surface area (Å²) in [6.45, 7) is 3.87.